The molecule has 142 valence electrons. The third kappa shape index (κ3) is 5.31. The Hall–Kier alpha value is -2.86. The molecule has 0 radical (unpaired) electrons. The van der Waals surface area contributed by atoms with Gasteiger partial charge in [-0.2, -0.15) is 0 Å². The van der Waals surface area contributed by atoms with Gasteiger partial charge in [0.2, 0.25) is 0 Å². The van der Waals surface area contributed by atoms with Crippen molar-refractivity contribution in [2.45, 2.75) is 19.0 Å². The van der Waals surface area contributed by atoms with Crippen LogP contribution in [0.4, 0.5) is 4.79 Å². The summed E-state index contributed by atoms with van der Waals surface area (Å²) in [4.78, 5) is 28.5. The van der Waals surface area contributed by atoms with Crippen molar-refractivity contribution in [3.63, 3.8) is 0 Å². The zero-order valence-electron chi connectivity index (χ0n) is 15.5. The van der Waals surface area contributed by atoms with Crippen molar-refractivity contribution in [3.8, 4) is 0 Å². The Morgan fingerprint density at radius 2 is 1.37 bits per heavy atom. The van der Waals surface area contributed by atoms with E-state index in [9.17, 15) is 9.59 Å². The molecule has 6 heteroatoms. The van der Waals surface area contributed by atoms with E-state index >= 15 is 0 Å². The van der Waals surface area contributed by atoms with E-state index in [0.29, 0.717) is 39.1 Å². The molecule has 2 aromatic rings. The van der Waals surface area contributed by atoms with Crippen LogP contribution < -0.4 is 11.1 Å². The molecule has 0 saturated carbocycles. The molecular weight excluding hydrogens is 340 g/mol. The molecule has 1 aliphatic heterocycles. The van der Waals surface area contributed by atoms with Crippen LogP contribution in [0.15, 0.2) is 60.7 Å². The number of piperazine rings is 1. The summed E-state index contributed by atoms with van der Waals surface area (Å²) in [5, 5.41) is 2.94. The van der Waals surface area contributed by atoms with E-state index in [1.165, 1.54) is 0 Å². The van der Waals surface area contributed by atoms with Crippen LogP contribution in [0.2, 0.25) is 0 Å². The topological polar surface area (TPSA) is 80.3 Å². The number of amides is 3. The number of nitrogens with zero attached hydrogens (tertiary/aromatic N) is 2. The van der Waals surface area contributed by atoms with Crippen molar-refractivity contribution in [2.24, 2.45) is 0 Å². The zero-order chi connectivity index (χ0) is 19.1. The maximum atomic E-state index is 12.6. The highest BCUT2D eigenvalue weighted by Gasteiger charge is 2.29. The lowest BCUT2D eigenvalue weighted by Crippen LogP contribution is -2.70. The summed E-state index contributed by atoms with van der Waals surface area (Å²) in [5.41, 5.74) is 6.23. The molecule has 0 bridgehead atoms. The van der Waals surface area contributed by atoms with Gasteiger partial charge >= 0.3 is 6.03 Å². The number of benzene rings is 2. The van der Waals surface area contributed by atoms with Crippen molar-refractivity contribution in [1.82, 2.24) is 15.1 Å². The summed E-state index contributed by atoms with van der Waals surface area (Å²) in [7, 11) is 0. The largest absolute Gasteiger partial charge is 0.347 e. The maximum absolute atomic E-state index is 12.6. The average Bonchev–Trinajstić information content (AvgIpc) is 2.73. The predicted octanol–water partition coefficient (Wildman–Crippen LogP) is 0.894. The number of hydrogen-bond acceptors (Lipinski definition) is 2. The third-order valence-corrected chi connectivity index (χ3v) is 4.84. The van der Waals surface area contributed by atoms with E-state index in [1.54, 1.807) is 4.90 Å². The number of quaternary nitrogens is 1. The third-order valence-electron chi connectivity index (χ3n) is 4.84. The number of urea groups is 1. The van der Waals surface area contributed by atoms with Gasteiger partial charge in [0.05, 0.1) is 0 Å². The molecule has 3 amide bonds. The minimum absolute atomic E-state index is 0.0585. The van der Waals surface area contributed by atoms with E-state index in [1.807, 2.05) is 65.6 Å². The van der Waals surface area contributed by atoms with Crippen LogP contribution in [-0.2, 0) is 17.8 Å². The first-order chi connectivity index (χ1) is 13.1. The molecule has 27 heavy (non-hydrogen) atoms. The van der Waals surface area contributed by atoms with Crippen LogP contribution in [0, 0.1) is 0 Å². The van der Waals surface area contributed by atoms with Crippen LogP contribution in [0.1, 0.15) is 11.1 Å². The van der Waals surface area contributed by atoms with Crippen molar-refractivity contribution < 1.29 is 15.3 Å². The van der Waals surface area contributed by atoms with Crippen molar-refractivity contribution >= 4 is 11.9 Å². The highest BCUT2D eigenvalue weighted by molar-refractivity contribution is 5.81. The lowest BCUT2D eigenvalue weighted by molar-refractivity contribution is -0.405. The Labute approximate surface area is 159 Å². The van der Waals surface area contributed by atoms with Gasteiger partial charge < -0.3 is 20.9 Å². The predicted molar refractivity (Wildman–Crippen MR) is 104 cm³/mol. The Morgan fingerprint density at radius 3 is 1.96 bits per heavy atom. The standard InChI is InChI=1S/C21H26N4O2/c22-19(15-17-7-3-1-4-8-17)20(26)24-11-13-25(14-12-24)21(27)23-16-18-9-5-2-6-10-18/h1-10,19H,11-16,22H2,(H,23,27)/p+1/t19-/m0/s1. The van der Waals surface area contributed by atoms with E-state index in [0.717, 1.165) is 11.1 Å². The van der Waals surface area contributed by atoms with Crippen molar-refractivity contribution in [3.05, 3.63) is 71.8 Å². The summed E-state index contributed by atoms with van der Waals surface area (Å²) in [5.74, 6) is 0.0585. The highest BCUT2D eigenvalue weighted by atomic mass is 16.2. The molecule has 0 aromatic heterocycles. The number of hydrogen-bond donors (Lipinski definition) is 2. The first kappa shape index (κ1) is 18.9. The fourth-order valence-corrected chi connectivity index (χ4v) is 3.26. The van der Waals surface area contributed by atoms with Crippen LogP contribution >= 0.6 is 0 Å². The lowest BCUT2D eigenvalue weighted by atomic mass is 10.1. The van der Waals surface area contributed by atoms with Gasteiger partial charge in [-0.1, -0.05) is 60.7 Å². The van der Waals surface area contributed by atoms with Crippen LogP contribution in [-0.4, -0.2) is 54.0 Å². The van der Waals surface area contributed by atoms with Crippen molar-refractivity contribution in [1.29, 1.82) is 0 Å². The molecule has 1 aliphatic rings. The number of carbonyl (C=O) groups excluding carboxylic acids is 2. The smallest absolute Gasteiger partial charge is 0.317 e. The first-order valence-electron chi connectivity index (χ1n) is 9.36. The minimum Gasteiger partial charge on any atom is -0.347 e. The minimum atomic E-state index is -0.300. The lowest BCUT2D eigenvalue weighted by Gasteiger charge is -2.35. The Kier molecular flexibility index (Phi) is 6.44. The monoisotopic (exact) mass is 367 g/mol. The fourth-order valence-electron chi connectivity index (χ4n) is 3.26. The maximum Gasteiger partial charge on any atom is 0.317 e. The van der Waals surface area contributed by atoms with E-state index in [4.69, 9.17) is 0 Å². The van der Waals surface area contributed by atoms with Crippen LogP contribution in [0.5, 0.6) is 0 Å². The molecule has 1 atom stereocenters. The molecule has 0 spiro atoms. The first-order valence-corrected chi connectivity index (χ1v) is 9.36. The summed E-state index contributed by atoms with van der Waals surface area (Å²) in [6, 6.07) is 19.4. The summed E-state index contributed by atoms with van der Waals surface area (Å²) in [6.07, 6.45) is 0.636. The molecule has 1 saturated heterocycles. The van der Waals surface area contributed by atoms with Gasteiger partial charge in [-0.05, 0) is 11.1 Å². The van der Waals surface area contributed by atoms with Gasteiger partial charge in [0.25, 0.3) is 5.91 Å². The van der Waals surface area contributed by atoms with Gasteiger partial charge in [0.15, 0.2) is 6.04 Å². The second-order valence-corrected chi connectivity index (χ2v) is 6.84. The van der Waals surface area contributed by atoms with E-state index < -0.39 is 0 Å². The van der Waals surface area contributed by atoms with Crippen LogP contribution in [0.25, 0.3) is 0 Å². The second-order valence-electron chi connectivity index (χ2n) is 6.84. The molecule has 1 heterocycles. The van der Waals surface area contributed by atoms with Crippen molar-refractivity contribution in [2.75, 3.05) is 26.2 Å². The number of rotatable bonds is 5. The van der Waals surface area contributed by atoms with E-state index in [2.05, 4.69) is 11.1 Å². The molecule has 2 aromatic carbocycles. The molecule has 0 unspecified atom stereocenters. The van der Waals surface area contributed by atoms with Gasteiger partial charge in [0, 0.05) is 39.1 Å². The van der Waals surface area contributed by atoms with Crippen LogP contribution in [0.3, 0.4) is 0 Å². The zero-order valence-corrected chi connectivity index (χ0v) is 15.5. The molecule has 0 aliphatic carbocycles. The fraction of sp³-hybridized carbons (Fsp3) is 0.333. The quantitative estimate of drug-likeness (QED) is 0.823. The molecule has 4 N–H and O–H groups in total. The Morgan fingerprint density at radius 1 is 0.852 bits per heavy atom. The Bertz CT molecular complexity index is 743. The number of carbonyl (C=O) groups is 2. The molecule has 3 rings (SSSR count). The SMILES string of the molecule is [NH3+][C@@H](Cc1ccccc1)C(=O)N1CCN(C(=O)NCc2ccccc2)CC1. The highest BCUT2D eigenvalue weighted by Crippen LogP contribution is 2.07. The normalized spacial score (nSPS) is 15.3. The van der Waals surface area contributed by atoms with Gasteiger partial charge in [-0.15, -0.1) is 0 Å². The summed E-state index contributed by atoms with van der Waals surface area (Å²) >= 11 is 0. The van der Waals surface area contributed by atoms with Gasteiger partial charge in [-0.3, -0.25) is 4.79 Å². The molecule has 1 fully saturated rings. The molecule has 6 nitrogen and oxygen atoms in total. The Balaban J connectivity index is 1.43. The molecular formula is C21H27N4O2+. The number of nitrogens with one attached hydrogen (secondary N) is 1. The van der Waals surface area contributed by atoms with E-state index in [-0.39, 0.29) is 18.0 Å². The summed E-state index contributed by atoms with van der Waals surface area (Å²) in [6.45, 7) is 2.71. The second kappa shape index (κ2) is 9.19. The summed E-state index contributed by atoms with van der Waals surface area (Å²) < 4.78 is 0. The van der Waals surface area contributed by atoms with Gasteiger partial charge in [0.1, 0.15) is 0 Å². The van der Waals surface area contributed by atoms with Gasteiger partial charge in [-0.25, -0.2) is 4.79 Å². The average molecular weight is 367 g/mol.